The van der Waals surface area contributed by atoms with Gasteiger partial charge in [-0.15, -0.1) is 0 Å². The van der Waals surface area contributed by atoms with E-state index in [1.807, 2.05) is 0 Å². The standard InChI is InChI=1S/C11H23NO3S/c1-4-16(14,15)12-9-11(13)7-5-10(2,3)6-8-11/h12-13H,4-9H2,1-3H3. The predicted molar refractivity (Wildman–Crippen MR) is 64.7 cm³/mol. The summed E-state index contributed by atoms with van der Waals surface area (Å²) < 4.78 is 25.0. The van der Waals surface area contributed by atoms with E-state index in [1.54, 1.807) is 6.92 Å². The second-order valence-electron chi connectivity index (χ2n) is 5.61. The predicted octanol–water partition coefficient (Wildman–Crippen LogP) is 1.26. The normalized spacial score (nSPS) is 24.2. The van der Waals surface area contributed by atoms with Crippen molar-refractivity contribution >= 4 is 10.0 Å². The second-order valence-corrected chi connectivity index (χ2v) is 7.71. The van der Waals surface area contributed by atoms with Crippen molar-refractivity contribution in [3.05, 3.63) is 0 Å². The highest BCUT2D eigenvalue weighted by atomic mass is 32.2. The molecule has 0 heterocycles. The summed E-state index contributed by atoms with van der Waals surface area (Å²) in [7, 11) is -3.20. The molecule has 0 aliphatic heterocycles. The maximum Gasteiger partial charge on any atom is 0.211 e. The summed E-state index contributed by atoms with van der Waals surface area (Å²) >= 11 is 0. The minimum absolute atomic E-state index is 0.0641. The zero-order chi connectivity index (χ0) is 12.4. The molecule has 1 aliphatic carbocycles. The molecule has 4 nitrogen and oxygen atoms in total. The lowest BCUT2D eigenvalue weighted by atomic mass is 9.71. The van der Waals surface area contributed by atoms with Crippen molar-refractivity contribution in [3.63, 3.8) is 0 Å². The van der Waals surface area contributed by atoms with Gasteiger partial charge in [-0.3, -0.25) is 0 Å². The zero-order valence-electron chi connectivity index (χ0n) is 10.4. The van der Waals surface area contributed by atoms with Crippen LogP contribution in [0.25, 0.3) is 0 Å². The van der Waals surface area contributed by atoms with Gasteiger partial charge in [0.05, 0.1) is 11.4 Å². The minimum atomic E-state index is -3.20. The van der Waals surface area contributed by atoms with E-state index >= 15 is 0 Å². The van der Waals surface area contributed by atoms with Crippen LogP contribution in [0.2, 0.25) is 0 Å². The molecule has 2 N–H and O–H groups in total. The van der Waals surface area contributed by atoms with E-state index in [-0.39, 0.29) is 17.7 Å². The van der Waals surface area contributed by atoms with Crippen LogP contribution in [0, 0.1) is 5.41 Å². The fourth-order valence-electron chi connectivity index (χ4n) is 1.92. The van der Waals surface area contributed by atoms with Gasteiger partial charge in [0, 0.05) is 6.54 Å². The fourth-order valence-corrected chi connectivity index (χ4v) is 2.61. The Labute approximate surface area is 98.5 Å². The fraction of sp³-hybridized carbons (Fsp3) is 1.00. The molecule has 1 rings (SSSR count). The quantitative estimate of drug-likeness (QED) is 0.788. The van der Waals surface area contributed by atoms with Crippen molar-refractivity contribution in [2.45, 2.75) is 52.1 Å². The highest BCUT2D eigenvalue weighted by Gasteiger charge is 2.37. The maximum absolute atomic E-state index is 11.3. The van der Waals surface area contributed by atoms with E-state index in [0.717, 1.165) is 12.8 Å². The highest BCUT2D eigenvalue weighted by Crippen LogP contribution is 2.39. The molecule has 0 aromatic heterocycles. The van der Waals surface area contributed by atoms with Crippen LogP contribution in [-0.2, 0) is 10.0 Å². The molecule has 0 aromatic rings. The molecule has 0 aromatic carbocycles. The molecular weight excluding hydrogens is 226 g/mol. The minimum Gasteiger partial charge on any atom is -0.389 e. The van der Waals surface area contributed by atoms with Crippen LogP contribution < -0.4 is 4.72 Å². The van der Waals surface area contributed by atoms with Crippen LogP contribution in [0.1, 0.15) is 46.5 Å². The Balaban J connectivity index is 2.49. The lowest BCUT2D eigenvalue weighted by Crippen LogP contribution is -2.46. The first-order valence-electron chi connectivity index (χ1n) is 5.88. The van der Waals surface area contributed by atoms with Crippen molar-refractivity contribution in [3.8, 4) is 0 Å². The van der Waals surface area contributed by atoms with Gasteiger partial charge in [0.1, 0.15) is 0 Å². The van der Waals surface area contributed by atoms with Gasteiger partial charge in [-0.25, -0.2) is 13.1 Å². The molecule has 1 aliphatic rings. The summed E-state index contributed by atoms with van der Waals surface area (Å²) in [5, 5.41) is 10.2. The zero-order valence-corrected chi connectivity index (χ0v) is 11.2. The molecule has 0 saturated heterocycles. The summed E-state index contributed by atoms with van der Waals surface area (Å²) in [5.41, 5.74) is -0.576. The van der Waals surface area contributed by atoms with Crippen LogP contribution in [0.4, 0.5) is 0 Å². The Morgan fingerprint density at radius 3 is 2.12 bits per heavy atom. The monoisotopic (exact) mass is 249 g/mol. The number of aliphatic hydroxyl groups is 1. The third-order valence-corrected chi connectivity index (χ3v) is 4.88. The van der Waals surface area contributed by atoms with Crippen LogP contribution in [0.15, 0.2) is 0 Å². The smallest absolute Gasteiger partial charge is 0.211 e. The topological polar surface area (TPSA) is 66.4 Å². The van der Waals surface area contributed by atoms with E-state index in [2.05, 4.69) is 18.6 Å². The molecule has 0 bridgehead atoms. The first-order valence-corrected chi connectivity index (χ1v) is 7.53. The highest BCUT2D eigenvalue weighted by molar-refractivity contribution is 7.89. The third kappa shape index (κ3) is 4.03. The summed E-state index contributed by atoms with van der Waals surface area (Å²) in [6, 6.07) is 0. The molecule has 0 spiro atoms. The molecule has 5 heteroatoms. The summed E-state index contributed by atoms with van der Waals surface area (Å²) in [6.07, 6.45) is 3.23. The van der Waals surface area contributed by atoms with Gasteiger partial charge in [0.15, 0.2) is 0 Å². The molecule has 1 fully saturated rings. The van der Waals surface area contributed by atoms with Gasteiger partial charge in [-0.05, 0) is 38.0 Å². The molecule has 16 heavy (non-hydrogen) atoms. The molecule has 96 valence electrons. The van der Waals surface area contributed by atoms with Crippen molar-refractivity contribution in [2.75, 3.05) is 12.3 Å². The van der Waals surface area contributed by atoms with Gasteiger partial charge in [-0.2, -0.15) is 0 Å². The lowest BCUT2D eigenvalue weighted by Gasteiger charge is -2.40. The van der Waals surface area contributed by atoms with Gasteiger partial charge < -0.3 is 5.11 Å². The van der Waals surface area contributed by atoms with Crippen LogP contribution in [0.5, 0.6) is 0 Å². The Bertz CT molecular complexity index is 325. The Morgan fingerprint density at radius 2 is 1.69 bits per heavy atom. The SMILES string of the molecule is CCS(=O)(=O)NCC1(O)CCC(C)(C)CC1. The van der Waals surface area contributed by atoms with Gasteiger partial charge in [0.25, 0.3) is 0 Å². The van der Waals surface area contributed by atoms with E-state index < -0.39 is 15.6 Å². The third-order valence-electron chi connectivity index (χ3n) is 3.54. The van der Waals surface area contributed by atoms with E-state index in [0.29, 0.717) is 12.8 Å². The Kier molecular flexibility index (Phi) is 4.03. The molecular formula is C11H23NO3S. The molecule has 0 amide bonds. The maximum atomic E-state index is 11.3. The van der Waals surface area contributed by atoms with Crippen LogP contribution >= 0.6 is 0 Å². The average Bonchev–Trinajstić information content (AvgIpc) is 2.21. The second kappa shape index (κ2) is 4.63. The summed E-state index contributed by atoms with van der Waals surface area (Å²) in [6.45, 7) is 6.11. The molecule has 0 unspecified atom stereocenters. The largest absolute Gasteiger partial charge is 0.389 e. The van der Waals surface area contributed by atoms with E-state index in [4.69, 9.17) is 0 Å². The molecule has 0 radical (unpaired) electrons. The summed E-state index contributed by atoms with van der Waals surface area (Å²) in [5.74, 6) is 0.0641. The molecule has 1 saturated carbocycles. The van der Waals surface area contributed by atoms with Crippen molar-refractivity contribution in [1.82, 2.24) is 4.72 Å². The van der Waals surface area contributed by atoms with Gasteiger partial charge >= 0.3 is 0 Å². The van der Waals surface area contributed by atoms with E-state index in [1.165, 1.54) is 0 Å². The van der Waals surface area contributed by atoms with E-state index in [9.17, 15) is 13.5 Å². The number of rotatable bonds is 4. The first-order chi connectivity index (χ1) is 7.18. The lowest BCUT2D eigenvalue weighted by molar-refractivity contribution is -0.0205. The van der Waals surface area contributed by atoms with Crippen LogP contribution in [-0.4, -0.2) is 31.4 Å². The van der Waals surface area contributed by atoms with Crippen LogP contribution in [0.3, 0.4) is 0 Å². The number of sulfonamides is 1. The number of hydrogen-bond acceptors (Lipinski definition) is 3. The van der Waals surface area contributed by atoms with Crippen molar-refractivity contribution < 1.29 is 13.5 Å². The van der Waals surface area contributed by atoms with Gasteiger partial charge in [0.2, 0.25) is 10.0 Å². The van der Waals surface area contributed by atoms with Crippen molar-refractivity contribution in [1.29, 1.82) is 0 Å². The molecule has 0 atom stereocenters. The Hall–Kier alpha value is -0.130. The number of nitrogens with one attached hydrogen (secondary N) is 1. The van der Waals surface area contributed by atoms with Crippen molar-refractivity contribution in [2.24, 2.45) is 5.41 Å². The average molecular weight is 249 g/mol. The van der Waals surface area contributed by atoms with Gasteiger partial charge in [-0.1, -0.05) is 13.8 Å². The first kappa shape index (κ1) is 13.9. The number of hydrogen-bond donors (Lipinski definition) is 2. The summed E-state index contributed by atoms with van der Waals surface area (Å²) in [4.78, 5) is 0. The Morgan fingerprint density at radius 1 is 1.19 bits per heavy atom.